The second-order valence-electron chi connectivity index (χ2n) is 6.07. The Morgan fingerprint density at radius 3 is 2.30 bits per heavy atom. The largest absolute Gasteiger partial charge is 0.455 e. The first kappa shape index (κ1) is 14.4. The van der Waals surface area contributed by atoms with Crippen LogP contribution in [0, 0.1) is 0 Å². The van der Waals surface area contributed by atoms with Gasteiger partial charge in [-0.05, 0) is 35.6 Å². The maximum absolute atomic E-state index is 6.04. The first-order valence-corrected chi connectivity index (χ1v) is 7.07. The minimum Gasteiger partial charge on any atom is -0.455 e. The van der Waals surface area contributed by atoms with E-state index in [1.54, 1.807) is 0 Å². The molecule has 2 aromatic carbocycles. The first-order chi connectivity index (χ1) is 9.41. The number of hydrogen-bond donors (Lipinski definition) is 1. The van der Waals surface area contributed by atoms with Crippen molar-refractivity contribution in [3.63, 3.8) is 0 Å². The molecular weight excluding hydrogens is 246 g/mol. The molecule has 0 aliphatic heterocycles. The van der Waals surface area contributed by atoms with E-state index in [4.69, 9.17) is 10.5 Å². The second-order valence-corrected chi connectivity index (χ2v) is 6.07. The van der Waals surface area contributed by atoms with E-state index in [9.17, 15) is 0 Å². The molecule has 0 saturated carbocycles. The van der Waals surface area contributed by atoms with Gasteiger partial charge >= 0.3 is 0 Å². The molecule has 2 rings (SSSR count). The van der Waals surface area contributed by atoms with E-state index in [0.717, 1.165) is 12.2 Å². The van der Waals surface area contributed by atoms with Gasteiger partial charge in [-0.1, -0.05) is 52.0 Å². The fourth-order valence-electron chi connectivity index (χ4n) is 2.16. The van der Waals surface area contributed by atoms with Crippen LogP contribution in [0.25, 0.3) is 0 Å². The van der Waals surface area contributed by atoms with Crippen molar-refractivity contribution in [2.24, 2.45) is 0 Å². The number of para-hydroxylation sites is 2. The van der Waals surface area contributed by atoms with Gasteiger partial charge in [0, 0.05) is 5.56 Å². The molecule has 2 nitrogen and oxygen atoms in total. The lowest BCUT2D eigenvalue weighted by molar-refractivity contribution is 0.457. The summed E-state index contributed by atoms with van der Waals surface area (Å²) in [5.41, 5.74) is 9.18. The fraction of sp³-hybridized carbons (Fsp3) is 0.333. The molecule has 0 radical (unpaired) electrons. The van der Waals surface area contributed by atoms with Crippen molar-refractivity contribution >= 4 is 5.69 Å². The Morgan fingerprint density at radius 2 is 1.70 bits per heavy atom. The van der Waals surface area contributed by atoms with Gasteiger partial charge in [-0.15, -0.1) is 0 Å². The first-order valence-electron chi connectivity index (χ1n) is 7.07. The maximum Gasteiger partial charge on any atom is 0.150 e. The van der Waals surface area contributed by atoms with E-state index >= 15 is 0 Å². The quantitative estimate of drug-likeness (QED) is 0.802. The highest BCUT2D eigenvalue weighted by Crippen LogP contribution is 2.36. The molecule has 0 heterocycles. The predicted molar refractivity (Wildman–Crippen MR) is 85.4 cm³/mol. The third kappa shape index (κ3) is 3.13. The topological polar surface area (TPSA) is 35.2 Å². The van der Waals surface area contributed by atoms with Crippen molar-refractivity contribution in [1.82, 2.24) is 0 Å². The standard InChI is InChI=1S/C18H23NO/c1-5-13-10-11-16(14(12-13)18(2,3)4)20-17-9-7-6-8-15(17)19/h6-12H,5,19H2,1-4H3. The van der Waals surface area contributed by atoms with Crippen LogP contribution in [0.3, 0.4) is 0 Å². The van der Waals surface area contributed by atoms with Crippen LogP contribution in [0.1, 0.15) is 38.8 Å². The highest BCUT2D eigenvalue weighted by molar-refractivity contribution is 5.55. The van der Waals surface area contributed by atoms with Gasteiger partial charge in [0.25, 0.3) is 0 Å². The zero-order valence-electron chi connectivity index (χ0n) is 12.7. The van der Waals surface area contributed by atoms with Gasteiger partial charge < -0.3 is 10.5 Å². The highest BCUT2D eigenvalue weighted by atomic mass is 16.5. The number of benzene rings is 2. The zero-order chi connectivity index (χ0) is 14.8. The second kappa shape index (κ2) is 5.58. The van der Waals surface area contributed by atoms with Gasteiger partial charge in [-0.3, -0.25) is 0 Å². The average Bonchev–Trinajstić information content (AvgIpc) is 2.40. The molecule has 0 spiro atoms. The number of anilines is 1. The van der Waals surface area contributed by atoms with E-state index in [2.05, 4.69) is 39.8 Å². The monoisotopic (exact) mass is 269 g/mol. The lowest BCUT2D eigenvalue weighted by atomic mass is 9.85. The third-order valence-electron chi connectivity index (χ3n) is 3.40. The minimum absolute atomic E-state index is 0.0318. The van der Waals surface area contributed by atoms with Crippen LogP contribution in [0.4, 0.5) is 5.69 Å². The molecule has 0 saturated heterocycles. The van der Waals surface area contributed by atoms with E-state index in [-0.39, 0.29) is 5.41 Å². The van der Waals surface area contributed by atoms with E-state index in [1.165, 1.54) is 11.1 Å². The number of ether oxygens (including phenoxy) is 1. The smallest absolute Gasteiger partial charge is 0.150 e. The van der Waals surface area contributed by atoms with Crippen LogP contribution in [0.2, 0.25) is 0 Å². The summed E-state index contributed by atoms with van der Waals surface area (Å²) < 4.78 is 6.04. The molecule has 0 aliphatic rings. The molecule has 0 unspecified atom stereocenters. The summed E-state index contributed by atoms with van der Waals surface area (Å²) in [6.07, 6.45) is 1.02. The number of nitrogens with two attached hydrogens (primary N) is 1. The average molecular weight is 269 g/mol. The van der Waals surface area contributed by atoms with Gasteiger partial charge in [-0.25, -0.2) is 0 Å². The van der Waals surface area contributed by atoms with Crippen LogP contribution in [-0.4, -0.2) is 0 Å². The van der Waals surface area contributed by atoms with Gasteiger partial charge in [0.05, 0.1) is 5.69 Å². The normalized spacial score (nSPS) is 11.4. The lowest BCUT2D eigenvalue weighted by Gasteiger charge is -2.24. The molecular formula is C18H23NO. The summed E-state index contributed by atoms with van der Waals surface area (Å²) in [7, 11) is 0. The molecule has 2 aromatic rings. The van der Waals surface area contributed by atoms with Crippen LogP contribution in [0.15, 0.2) is 42.5 Å². The summed E-state index contributed by atoms with van der Waals surface area (Å²) in [5.74, 6) is 1.59. The van der Waals surface area contributed by atoms with Gasteiger partial charge in [0.2, 0.25) is 0 Å². The Morgan fingerprint density at radius 1 is 1.00 bits per heavy atom. The molecule has 106 valence electrons. The number of aryl methyl sites for hydroxylation is 1. The lowest BCUT2D eigenvalue weighted by Crippen LogP contribution is -2.13. The SMILES string of the molecule is CCc1ccc(Oc2ccccc2N)c(C(C)(C)C)c1. The van der Waals surface area contributed by atoms with Crippen molar-refractivity contribution in [2.45, 2.75) is 39.5 Å². The van der Waals surface area contributed by atoms with Crippen molar-refractivity contribution in [1.29, 1.82) is 0 Å². The fourth-order valence-corrected chi connectivity index (χ4v) is 2.16. The van der Waals surface area contributed by atoms with Crippen LogP contribution in [-0.2, 0) is 11.8 Å². The molecule has 0 atom stereocenters. The summed E-state index contributed by atoms with van der Waals surface area (Å²) in [6.45, 7) is 8.76. The molecule has 0 aliphatic carbocycles. The summed E-state index contributed by atoms with van der Waals surface area (Å²) in [4.78, 5) is 0. The predicted octanol–water partition coefficient (Wildman–Crippen LogP) is 4.92. The molecule has 2 N–H and O–H groups in total. The van der Waals surface area contributed by atoms with E-state index in [1.807, 2.05) is 30.3 Å². The third-order valence-corrected chi connectivity index (χ3v) is 3.40. The van der Waals surface area contributed by atoms with Crippen LogP contribution >= 0.6 is 0 Å². The molecule has 0 fully saturated rings. The van der Waals surface area contributed by atoms with Gasteiger partial charge in [0.1, 0.15) is 11.5 Å². The summed E-state index contributed by atoms with van der Waals surface area (Å²) in [5, 5.41) is 0. The summed E-state index contributed by atoms with van der Waals surface area (Å²) >= 11 is 0. The van der Waals surface area contributed by atoms with E-state index in [0.29, 0.717) is 11.4 Å². The molecule has 20 heavy (non-hydrogen) atoms. The molecule has 0 bridgehead atoms. The Hall–Kier alpha value is -1.96. The van der Waals surface area contributed by atoms with Crippen molar-refractivity contribution < 1.29 is 4.74 Å². The Bertz CT molecular complexity index is 597. The minimum atomic E-state index is 0.0318. The van der Waals surface area contributed by atoms with Gasteiger partial charge in [0.15, 0.2) is 0 Å². The Balaban J connectivity index is 2.44. The number of nitrogen functional groups attached to an aromatic ring is 1. The van der Waals surface area contributed by atoms with Crippen molar-refractivity contribution in [3.8, 4) is 11.5 Å². The summed E-state index contributed by atoms with van der Waals surface area (Å²) in [6, 6.07) is 14.0. The van der Waals surface area contributed by atoms with Gasteiger partial charge in [-0.2, -0.15) is 0 Å². The maximum atomic E-state index is 6.04. The number of rotatable bonds is 3. The van der Waals surface area contributed by atoms with Crippen LogP contribution < -0.4 is 10.5 Å². The Kier molecular flexibility index (Phi) is 4.03. The number of hydrogen-bond acceptors (Lipinski definition) is 2. The van der Waals surface area contributed by atoms with Crippen LogP contribution in [0.5, 0.6) is 11.5 Å². The molecule has 0 amide bonds. The molecule has 0 aromatic heterocycles. The highest BCUT2D eigenvalue weighted by Gasteiger charge is 2.20. The Labute approximate surface area is 121 Å². The molecule has 2 heteroatoms. The van der Waals surface area contributed by atoms with Crippen molar-refractivity contribution in [3.05, 3.63) is 53.6 Å². The zero-order valence-corrected chi connectivity index (χ0v) is 12.7. The van der Waals surface area contributed by atoms with Crippen molar-refractivity contribution in [2.75, 3.05) is 5.73 Å². The van der Waals surface area contributed by atoms with E-state index < -0.39 is 0 Å².